The lowest BCUT2D eigenvalue weighted by atomic mass is 9.95. The van der Waals surface area contributed by atoms with Crippen molar-refractivity contribution in [2.45, 2.75) is 12.5 Å². The standard InChI is InChI=1S/C27H21FN2O3/c28-20-10-6-9-18(15-20)24-23(25(31)17-7-2-1-3-8-17)26(32)27(33)30(24)14-13-19-16-29-22-12-5-4-11-21(19)22/h1-12,15-16,24,29,31H,13-14H2/t24-/m1/s1. The van der Waals surface area contributed by atoms with Crippen LogP contribution in [0, 0.1) is 5.82 Å². The summed E-state index contributed by atoms with van der Waals surface area (Å²) in [6, 6.07) is 21.4. The van der Waals surface area contributed by atoms with Crippen molar-refractivity contribution in [1.29, 1.82) is 0 Å². The van der Waals surface area contributed by atoms with Gasteiger partial charge in [0.25, 0.3) is 11.7 Å². The number of aliphatic hydroxyl groups is 1. The van der Waals surface area contributed by atoms with Crippen molar-refractivity contribution in [2.75, 3.05) is 6.54 Å². The van der Waals surface area contributed by atoms with Crippen molar-refractivity contribution in [3.63, 3.8) is 0 Å². The maximum atomic E-state index is 14.1. The number of H-pyrrole nitrogens is 1. The summed E-state index contributed by atoms with van der Waals surface area (Å²) in [5.74, 6) is -2.22. The Labute approximate surface area is 189 Å². The summed E-state index contributed by atoms with van der Waals surface area (Å²) in [5.41, 5.74) is 2.82. The number of aromatic nitrogens is 1. The van der Waals surface area contributed by atoms with Gasteiger partial charge in [-0.25, -0.2) is 4.39 Å². The molecule has 1 aromatic heterocycles. The molecule has 1 aliphatic heterocycles. The van der Waals surface area contributed by atoms with E-state index in [9.17, 15) is 19.1 Å². The summed E-state index contributed by atoms with van der Waals surface area (Å²) < 4.78 is 14.1. The van der Waals surface area contributed by atoms with E-state index in [1.165, 1.54) is 23.1 Å². The molecule has 0 radical (unpaired) electrons. The van der Waals surface area contributed by atoms with Gasteiger partial charge in [0.05, 0.1) is 11.6 Å². The first-order valence-electron chi connectivity index (χ1n) is 10.7. The van der Waals surface area contributed by atoms with E-state index < -0.39 is 23.5 Å². The zero-order chi connectivity index (χ0) is 22.9. The predicted molar refractivity (Wildman–Crippen MR) is 124 cm³/mol. The zero-order valence-electron chi connectivity index (χ0n) is 17.7. The SMILES string of the molecule is O=C1C(=O)N(CCc2c[nH]c3ccccc23)[C@H](c2cccc(F)c2)C1=C(O)c1ccccc1. The highest BCUT2D eigenvalue weighted by Crippen LogP contribution is 2.39. The van der Waals surface area contributed by atoms with Crippen molar-refractivity contribution in [2.24, 2.45) is 0 Å². The Hall–Kier alpha value is -4.19. The molecule has 1 amide bonds. The Morgan fingerprint density at radius 2 is 1.73 bits per heavy atom. The van der Waals surface area contributed by atoms with Crippen LogP contribution in [-0.4, -0.2) is 33.2 Å². The van der Waals surface area contributed by atoms with Crippen LogP contribution < -0.4 is 0 Å². The number of carbonyl (C=O) groups is 2. The molecule has 5 rings (SSSR count). The number of halogens is 1. The fourth-order valence-electron chi connectivity index (χ4n) is 4.46. The van der Waals surface area contributed by atoms with Crippen LogP contribution in [0.25, 0.3) is 16.7 Å². The normalized spacial score (nSPS) is 17.7. The van der Waals surface area contributed by atoms with Gasteiger partial charge in [0.1, 0.15) is 11.6 Å². The fourth-order valence-corrected chi connectivity index (χ4v) is 4.46. The zero-order valence-corrected chi connectivity index (χ0v) is 17.7. The number of para-hydroxylation sites is 1. The fraction of sp³-hybridized carbons (Fsp3) is 0.111. The number of nitrogens with zero attached hydrogens (tertiary/aromatic N) is 1. The monoisotopic (exact) mass is 440 g/mol. The number of nitrogens with one attached hydrogen (secondary N) is 1. The highest BCUT2D eigenvalue weighted by atomic mass is 19.1. The number of benzene rings is 3. The molecule has 33 heavy (non-hydrogen) atoms. The Morgan fingerprint density at radius 1 is 0.970 bits per heavy atom. The number of fused-ring (bicyclic) bond motifs is 1. The first-order chi connectivity index (χ1) is 16.0. The first-order valence-corrected chi connectivity index (χ1v) is 10.7. The molecule has 1 saturated heterocycles. The second kappa shape index (κ2) is 8.39. The molecule has 164 valence electrons. The summed E-state index contributed by atoms with van der Waals surface area (Å²) >= 11 is 0. The molecule has 1 atom stereocenters. The average molecular weight is 440 g/mol. The van der Waals surface area contributed by atoms with E-state index in [0.717, 1.165) is 16.5 Å². The van der Waals surface area contributed by atoms with Crippen molar-refractivity contribution in [3.05, 3.63) is 113 Å². The van der Waals surface area contributed by atoms with E-state index in [1.807, 2.05) is 30.5 Å². The van der Waals surface area contributed by atoms with Gasteiger partial charge in [0, 0.05) is 29.2 Å². The molecule has 0 saturated carbocycles. The van der Waals surface area contributed by atoms with Gasteiger partial charge in [-0.15, -0.1) is 0 Å². The summed E-state index contributed by atoms with van der Waals surface area (Å²) in [4.78, 5) is 30.8. The summed E-state index contributed by atoms with van der Waals surface area (Å²) in [5, 5.41) is 12.0. The van der Waals surface area contributed by atoms with Gasteiger partial charge in [0.2, 0.25) is 0 Å². The highest BCUT2D eigenvalue weighted by molar-refractivity contribution is 6.46. The lowest BCUT2D eigenvalue weighted by Crippen LogP contribution is -2.31. The first kappa shape index (κ1) is 20.7. The van der Waals surface area contributed by atoms with Gasteiger partial charge in [-0.2, -0.15) is 0 Å². The number of aliphatic hydroxyl groups excluding tert-OH is 1. The van der Waals surface area contributed by atoms with E-state index >= 15 is 0 Å². The number of Topliss-reactive ketones (excluding diaryl/α,β-unsaturated/α-hetero) is 1. The quantitative estimate of drug-likeness (QED) is 0.261. The smallest absolute Gasteiger partial charge is 0.295 e. The second-order valence-corrected chi connectivity index (χ2v) is 8.02. The van der Waals surface area contributed by atoms with Crippen LogP contribution in [0.15, 0.2) is 90.6 Å². The van der Waals surface area contributed by atoms with E-state index in [0.29, 0.717) is 17.5 Å². The van der Waals surface area contributed by atoms with Crippen molar-refractivity contribution in [1.82, 2.24) is 9.88 Å². The molecule has 2 heterocycles. The maximum absolute atomic E-state index is 14.1. The van der Waals surface area contributed by atoms with Gasteiger partial charge in [-0.1, -0.05) is 60.7 Å². The van der Waals surface area contributed by atoms with Crippen LogP contribution in [0.1, 0.15) is 22.7 Å². The van der Waals surface area contributed by atoms with Crippen LogP contribution in [0.3, 0.4) is 0 Å². The molecule has 2 N–H and O–H groups in total. The molecule has 0 aliphatic carbocycles. The lowest BCUT2D eigenvalue weighted by Gasteiger charge is -2.25. The van der Waals surface area contributed by atoms with Gasteiger partial charge in [-0.3, -0.25) is 9.59 Å². The molecule has 1 aliphatic rings. The van der Waals surface area contributed by atoms with E-state index in [4.69, 9.17) is 0 Å². The van der Waals surface area contributed by atoms with Crippen molar-refractivity contribution < 1.29 is 19.1 Å². The number of carbonyl (C=O) groups excluding carboxylic acids is 2. The Bertz CT molecular complexity index is 1390. The third-order valence-corrected chi connectivity index (χ3v) is 6.05. The Morgan fingerprint density at radius 3 is 2.52 bits per heavy atom. The molecule has 0 bridgehead atoms. The van der Waals surface area contributed by atoms with Crippen LogP contribution in [0.5, 0.6) is 0 Å². The van der Waals surface area contributed by atoms with Crippen molar-refractivity contribution in [3.8, 4) is 0 Å². The largest absolute Gasteiger partial charge is 0.507 e. The molecule has 4 aromatic rings. The molecule has 6 heteroatoms. The highest BCUT2D eigenvalue weighted by Gasteiger charge is 2.46. The molecular weight excluding hydrogens is 419 g/mol. The Balaban J connectivity index is 1.57. The van der Waals surface area contributed by atoms with Crippen LogP contribution in [0.4, 0.5) is 4.39 Å². The molecule has 0 unspecified atom stereocenters. The predicted octanol–water partition coefficient (Wildman–Crippen LogP) is 4.97. The van der Waals surface area contributed by atoms with Crippen LogP contribution >= 0.6 is 0 Å². The van der Waals surface area contributed by atoms with E-state index in [2.05, 4.69) is 4.98 Å². The Kier molecular flexibility index (Phi) is 5.26. The number of hydrogen-bond acceptors (Lipinski definition) is 3. The van der Waals surface area contributed by atoms with Crippen LogP contribution in [-0.2, 0) is 16.0 Å². The third kappa shape index (κ3) is 3.69. The minimum Gasteiger partial charge on any atom is -0.507 e. The summed E-state index contributed by atoms with van der Waals surface area (Å²) in [6.07, 6.45) is 2.39. The van der Waals surface area contributed by atoms with Gasteiger partial charge < -0.3 is 15.0 Å². The molecule has 3 aromatic carbocycles. The van der Waals surface area contributed by atoms with Gasteiger partial charge in [-0.05, 0) is 35.7 Å². The van der Waals surface area contributed by atoms with Gasteiger partial charge >= 0.3 is 0 Å². The minimum atomic E-state index is -0.883. The number of hydrogen-bond donors (Lipinski definition) is 2. The lowest BCUT2D eigenvalue weighted by molar-refractivity contribution is -0.139. The number of likely N-dealkylation sites (tertiary alicyclic amines) is 1. The van der Waals surface area contributed by atoms with E-state index in [-0.39, 0.29) is 17.9 Å². The van der Waals surface area contributed by atoms with Crippen molar-refractivity contribution >= 4 is 28.4 Å². The van der Waals surface area contributed by atoms with Gasteiger partial charge in [0.15, 0.2) is 0 Å². The number of rotatable bonds is 5. The maximum Gasteiger partial charge on any atom is 0.295 e. The minimum absolute atomic E-state index is 0.0317. The number of aromatic amines is 1. The molecule has 0 spiro atoms. The molecule has 1 fully saturated rings. The summed E-state index contributed by atoms with van der Waals surface area (Å²) in [7, 11) is 0. The van der Waals surface area contributed by atoms with E-state index in [1.54, 1.807) is 36.4 Å². The average Bonchev–Trinajstić information content (AvgIpc) is 3.36. The summed E-state index contributed by atoms with van der Waals surface area (Å²) in [6.45, 7) is 0.235. The number of amides is 1. The number of ketones is 1. The molecular formula is C27H21FN2O3. The molecule has 5 nitrogen and oxygen atoms in total. The van der Waals surface area contributed by atoms with Crippen LogP contribution in [0.2, 0.25) is 0 Å². The third-order valence-electron chi connectivity index (χ3n) is 6.05. The topological polar surface area (TPSA) is 73.4 Å². The second-order valence-electron chi connectivity index (χ2n) is 8.02.